The summed E-state index contributed by atoms with van der Waals surface area (Å²) >= 11 is 0. The maximum atomic E-state index is 11.2. The van der Waals surface area contributed by atoms with Crippen LogP contribution in [0.25, 0.3) is 0 Å². The maximum absolute atomic E-state index is 11.2. The van der Waals surface area contributed by atoms with E-state index in [0.29, 0.717) is 13.0 Å². The number of nitrogens with two attached hydrogens (primary N) is 1. The zero-order valence-electron chi connectivity index (χ0n) is 12.2. The van der Waals surface area contributed by atoms with E-state index in [2.05, 4.69) is 5.32 Å². The van der Waals surface area contributed by atoms with E-state index in [9.17, 15) is 4.79 Å². The van der Waals surface area contributed by atoms with Crippen molar-refractivity contribution in [1.82, 2.24) is 5.32 Å². The van der Waals surface area contributed by atoms with E-state index in [4.69, 9.17) is 15.9 Å². The summed E-state index contributed by atoms with van der Waals surface area (Å²) in [4.78, 5) is 11.2. The van der Waals surface area contributed by atoms with Crippen LogP contribution in [-0.2, 0) is 12.8 Å². The normalized spacial score (nSPS) is 12.7. The van der Waals surface area contributed by atoms with Crippen molar-refractivity contribution in [2.45, 2.75) is 12.8 Å². The Hall–Kier alpha value is -2.53. The fourth-order valence-electron chi connectivity index (χ4n) is 2.26. The van der Waals surface area contributed by atoms with E-state index < -0.39 is 0 Å². The van der Waals surface area contributed by atoms with Crippen LogP contribution < -0.4 is 11.1 Å². The number of carbonyl (C=O) groups excluding carboxylic acids is 1. The molecule has 0 aliphatic carbocycles. The molecular formula is C17H20N2O3. The molecule has 0 fully saturated rings. The number of aromatic hydroxyl groups is 2. The summed E-state index contributed by atoms with van der Waals surface area (Å²) in [5, 5.41) is 20.8. The Morgan fingerprint density at radius 3 is 2.55 bits per heavy atom. The zero-order valence-corrected chi connectivity index (χ0v) is 12.2. The van der Waals surface area contributed by atoms with Gasteiger partial charge in [-0.3, -0.25) is 4.79 Å². The average Bonchev–Trinajstić information content (AvgIpc) is 2.53. The van der Waals surface area contributed by atoms with Gasteiger partial charge in [-0.15, -0.1) is 0 Å². The smallest absolute Gasteiger partial charge is 0.251 e. The summed E-state index contributed by atoms with van der Waals surface area (Å²) < 4.78 is 0. The fourth-order valence-corrected chi connectivity index (χ4v) is 2.26. The molecule has 5 heteroatoms. The number of carbonyl (C=O) groups is 1. The number of benzene rings is 2. The van der Waals surface area contributed by atoms with Crippen molar-refractivity contribution in [3.05, 3.63) is 59.2 Å². The quantitative estimate of drug-likeness (QED) is 0.633. The number of phenolic OH excluding ortho intramolecular Hbond substituents is 2. The molecule has 3 rings (SSSR count). The molecule has 0 radical (unpaired) electrons. The van der Waals surface area contributed by atoms with Gasteiger partial charge in [0.25, 0.3) is 5.91 Å². The first kappa shape index (κ1) is 15.9. The van der Waals surface area contributed by atoms with E-state index in [1.165, 1.54) is 12.1 Å². The molecular weight excluding hydrogens is 280 g/mol. The highest BCUT2D eigenvalue weighted by Gasteiger charge is 2.14. The topological polar surface area (TPSA) is 95.6 Å². The summed E-state index contributed by atoms with van der Waals surface area (Å²) in [5.41, 5.74) is 8.23. The van der Waals surface area contributed by atoms with Crippen LogP contribution in [0, 0.1) is 0 Å². The summed E-state index contributed by atoms with van der Waals surface area (Å²) in [6.07, 6.45) is 1.68. The molecule has 0 unspecified atom stereocenters. The third kappa shape index (κ3) is 3.99. The minimum atomic E-state index is -0.0919. The lowest BCUT2D eigenvalue weighted by Crippen LogP contribution is -2.31. The number of phenols is 2. The second-order valence-electron chi connectivity index (χ2n) is 5.02. The van der Waals surface area contributed by atoms with Crippen molar-refractivity contribution < 1.29 is 15.0 Å². The first-order valence-corrected chi connectivity index (χ1v) is 7.19. The van der Waals surface area contributed by atoms with E-state index in [0.717, 1.165) is 29.7 Å². The Balaban J connectivity index is 0.000000160. The Kier molecular flexibility index (Phi) is 5.38. The largest absolute Gasteiger partial charge is 0.504 e. The number of fused-ring (bicyclic) bond motifs is 1. The first-order chi connectivity index (χ1) is 10.6. The van der Waals surface area contributed by atoms with E-state index in [1.54, 1.807) is 6.07 Å². The van der Waals surface area contributed by atoms with E-state index >= 15 is 0 Å². The van der Waals surface area contributed by atoms with Crippen molar-refractivity contribution >= 4 is 5.91 Å². The minimum absolute atomic E-state index is 0.0619. The lowest BCUT2D eigenvalue weighted by molar-refractivity contribution is 0.0946. The third-order valence-electron chi connectivity index (χ3n) is 3.41. The van der Waals surface area contributed by atoms with Crippen LogP contribution in [0.15, 0.2) is 42.5 Å². The Labute approximate surface area is 129 Å². The van der Waals surface area contributed by atoms with Crippen LogP contribution in [-0.4, -0.2) is 29.2 Å². The highest BCUT2D eigenvalue weighted by atomic mass is 16.3. The highest BCUT2D eigenvalue weighted by Crippen LogP contribution is 2.24. The average molecular weight is 300 g/mol. The van der Waals surface area contributed by atoms with Gasteiger partial charge in [0.05, 0.1) is 0 Å². The van der Waals surface area contributed by atoms with Gasteiger partial charge in [0.1, 0.15) is 0 Å². The molecule has 1 aliphatic rings. The van der Waals surface area contributed by atoms with Crippen LogP contribution in [0.1, 0.15) is 21.5 Å². The van der Waals surface area contributed by atoms with Crippen molar-refractivity contribution in [1.29, 1.82) is 0 Å². The Morgan fingerprint density at radius 1 is 1.09 bits per heavy atom. The summed E-state index contributed by atoms with van der Waals surface area (Å²) in [6, 6.07) is 12.4. The summed E-state index contributed by atoms with van der Waals surface area (Å²) in [5.74, 6) is -0.117. The van der Waals surface area contributed by atoms with Gasteiger partial charge in [0.15, 0.2) is 11.5 Å². The molecule has 5 N–H and O–H groups in total. The van der Waals surface area contributed by atoms with Crippen molar-refractivity contribution in [3.63, 3.8) is 0 Å². The number of nitrogens with one attached hydrogen (secondary N) is 1. The molecule has 2 aromatic rings. The molecule has 1 aliphatic heterocycles. The predicted molar refractivity (Wildman–Crippen MR) is 85.0 cm³/mol. The maximum Gasteiger partial charge on any atom is 0.251 e. The second-order valence-corrected chi connectivity index (χ2v) is 5.02. The van der Waals surface area contributed by atoms with Crippen molar-refractivity contribution in [3.8, 4) is 11.5 Å². The SMILES string of the molecule is NCCc1ccc(O)c(O)c1.O=C1NCCc2ccccc21. The molecule has 1 heterocycles. The predicted octanol–water partition coefficient (Wildman–Crippen LogP) is 1.57. The Morgan fingerprint density at radius 2 is 1.86 bits per heavy atom. The number of hydrogen-bond donors (Lipinski definition) is 4. The van der Waals surface area contributed by atoms with Crippen LogP contribution in [0.3, 0.4) is 0 Å². The van der Waals surface area contributed by atoms with E-state index in [-0.39, 0.29) is 17.4 Å². The third-order valence-corrected chi connectivity index (χ3v) is 3.41. The highest BCUT2D eigenvalue weighted by molar-refractivity contribution is 5.96. The summed E-state index contributed by atoms with van der Waals surface area (Å²) in [7, 11) is 0. The Bertz CT molecular complexity index is 656. The van der Waals surface area contributed by atoms with Gasteiger partial charge in [-0.1, -0.05) is 24.3 Å². The second kappa shape index (κ2) is 7.47. The lowest BCUT2D eigenvalue weighted by Gasteiger charge is -2.15. The monoisotopic (exact) mass is 300 g/mol. The van der Waals surface area contributed by atoms with Crippen LogP contribution >= 0.6 is 0 Å². The van der Waals surface area contributed by atoms with Crippen molar-refractivity contribution in [2.75, 3.05) is 13.1 Å². The van der Waals surface area contributed by atoms with Gasteiger partial charge in [0.2, 0.25) is 0 Å². The molecule has 0 aromatic heterocycles. The lowest BCUT2D eigenvalue weighted by atomic mass is 10.0. The number of rotatable bonds is 2. The fraction of sp³-hybridized carbons (Fsp3) is 0.235. The first-order valence-electron chi connectivity index (χ1n) is 7.19. The molecule has 0 spiro atoms. The van der Waals surface area contributed by atoms with Gasteiger partial charge in [-0.25, -0.2) is 0 Å². The van der Waals surface area contributed by atoms with Gasteiger partial charge < -0.3 is 21.3 Å². The zero-order chi connectivity index (χ0) is 15.9. The molecule has 0 atom stereocenters. The molecule has 22 heavy (non-hydrogen) atoms. The standard InChI is InChI=1S/C9H9NO.C8H11NO2/c11-9-8-4-2-1-3-7(8)5-6-10-9;9-4-3-6-1-2-7(10)8(11)5-6/h1-4H,5-6H2,(H,10,11);1-2,5,10-11H,3-4,9H2. The molecule has 2 aromatic carbocycles. The minimum Gasteiger partial charge on any atom is -0.504 e. The van der Waals surface area contributed by atoms with Gasteiger partial charge in [-0.2, -0.15) is 0 Å². The van der Waals surface area contributed by atoms with Crippen LogP contribution in [0.5, 0.6) is 11.5 Å². The number of amides is 1. The molecule has 1 amide bonds. The van der Waals surface area contributed by atoms with Gasteiger partial charge >= 0.3 is 0 Å². The van der Waals surface area contributed by atoms with Crippen LogP contribution in [0.2, 0.25) is 0 Å². The van der Waals surface area contributed by atoms with Gasteiger partial charge in [0, 0.05) is 12.1 Å². The van der Waals surface area contributed by atoms with Crippen LogP contribution in [0.4, 0.5) is 0 Å². The van der Waals surface area contributed by atoms with Gasteiger partial charge in [-0.05, 0) is 48.7 Å². The molecule has 0 saturated carbocycles. The van der Waals surface area contributed by atoms with E-state index in [1.807, 2.05) is 24.3 Å². The molecule has 5 nitrogen and oxygen atoms in total. The van der Waals surface area contributed by atoms with Crippen molar-refractivity contribution in [2.24, 2.45) is 5.73 Å². The molecule has 0 bridgehead atoms. The number of hydrogen-bond acceptors (Lipinski definition) is 4. The molecule has 116 valence electrons. The summed E-state index contributed by atoms with van der Waals surface area (Å²) in [6.45, 7) is 1.32. The molecule has 0 saturated heterocycles.